The highest BCUT2D eigenvalue weighted by Crippen LogP contribution is 2.29. The second-order valence-corrected chi connectivity index (χ2v) is 7.20. The van der Waals surface area contributed by atoms with Crippen LogP contribution in [0.2, 0.25) is 5.02 Å². The van der Waals surface area contributed by atoms with Crippen LogP contribution in [0.15, 0.2) is 47.4 Å². The molecule has 0 saturated heterocycles. The lowest BCUT2D eigenvalue weighted by molar-refractivity contribution is -0.387. The number of benzene rings is 2. The van der Waals surface area contributed by atoms with Crippen LogP contribution in [-0.2, 0) is 10.0 Å². The predicted molar refractivity (Wildman–Crippen MR) is 88.1 cm³/mol. The summed E-state index contributed by atoms with van der Waals surface area (Å²) in [6.07, 6.45) is 0. The van der Waals surface area contributed by atoms with E-state index in [2.05, 4.69) is 4.72 Å². The molecule has 0 aliphatic heterocycles. The van der Waals surface area contributed by atoms with Crippen LogP contribution >= 0.6 is 34.2 Å². The van der Waals surface area contributed by atoms with Gasteiger partial charge in [-0.15, -0.1) is 0 Å². The Balaban J connectivity index is 2.50. The molecule has 2 rings (SSSR count). The van der Waals surface area contributed by atoms with Crippen molar-refractivity contribution >= 4 is 55.6 Å². The van der Waals surface area contributed by atoms with Crippen molar-refractivity contribution in [2.45, 2.75) is 4.90 Å². The summed E-state index contributed by atoms with van der Waals surface area (Å²) >= 11 is 7.64. The number of anilines is 1. The van der Waals surface area contributed by atoms with Gasteiger partial charge in [-0.25, -0.2) is 8.42 Å². The van der Waals surface area contributed by atoms with E-state index in [9.17, 15) is 18.5 Å². The molecule has 0 aliphatic carbocycles. The number of halogens is 2. The first-order chi connectivity index (χ1) is 9.81. The van der Waals surface area contributed by atoms with Gasteiger partial charge in [0.15, 0.2) is 4.90 Å². The molecule has 0 bridgehead atoms. The number of nitro groups is 1. The van der Waals surface area contributed by atoms with Crippen LogP contribution in [-0.4, -0.2) is 13.3 Å². The second-order valence-electron chi connectivity index (χ2n) is 3.95. The molecule has 21 heavy (non-hydrogen) atoms. The molecule has 0 radical (unpaired) electrons. The molecule has 0 aromatic heterocycles. The molecule has 0 unspecified atom stereocenters. The minimum atomic E-state index is -4.08. The van der Waals surface area contributed by atoms with E-state index in [1.165, 1.54) is 6.07 Å². The molecule has 0 spiro atoms. The summed E-state index contributed by atoms with van der Waals surface area (Å²) in [7, 11) is -4.08. The lowest BCUT2D eigenvalue weighted by Gasteiger charge is -2.10. The van der Waals surface area contributed by atoms with Crippen molar-refractivity contribution in [1.82, 2.24) is 0 Å². The highest BCUT2D eigenvalue weighted by Gasteiger charge is 2.26. The van der Waals surface area contributed by atoms with Gasteiger partial charge in [0.05, 0.1) is 10.6 Å². The van der Waals surface area contributed by atoms with Crippen molar-refractivity contribution in [3.63, 3.8) is 0 Å². The standard InChI is InChI=1S/C12H8ClIN2O4S/c13-8-5-6-12(11(7-8)16(17)18)21(19,20)15-10-4-2-1-3-9(10)14/h1-7,15H. The second kappa shape index (κ2) is 6.16. The zero-order chi connectivity index (χ0) is 15.6. The molecule has 2 aromatic rings. The van der Waals surface area contributed by atoms with E-state index >= 15 is 0 Å². The summed E-state index contributed by atoms with van der Waals surface area (Å²) in [4.78, 5) is 9.78. The minimum Gasteiger partial charge on any atom is -0.278 e. The minimum absolute atomic E-state index is 0.0925. The van der Waals surface area contributed by atoms with Gasteiger partial charge in [0.1, 0.15) is 0 Å². The third-order valence-electron chi connectivity index (χ3n) is 2.53. The Morgan fingerprint density at radius 3 is 2.48 bits per heavy atom. The van der Waals surface area contributed by atoms with E-state index in [-0.39, 0.29) is 5.02 Å². The lowest BCUT2D eigenvalue weighted by atomic mass is 10.3. The fourth-order valence-corrected chi connectivity index (χ4v) is 3.71. The van der Waals surface area contributed by atoms with Gasteiger partial charge < -0.3 is 0 Å². The van der Waals surface area contributed by atoms with Gasteiger partial charge in [-0.1, -0.05) is 23.7 Å². The molecule has 6 nitrogen and oxygen atoms in total. The van der Waals surface area contributed by atoms with Gasteiger partial charge in [0, 0.05) is 14.7 Å². The van der Waals surface area contributed by atoms with E-state index < -0.39 is 25.5 Å². The molecule has 0 amide bonds. The number of rotatable bonds is 4. The molecule has 0 aliphatic rings. The van der Waals surface area contributed by atoms with E-state index in [0.717, 1.165) is 12.1 Å². The van der Waals surface area contributed by atoms with Gasteiger partial charge >= 0.3 is 0 Å². The zero-order valence-electron chi connectivity index (χ0n) is 10.3. The Labute approximate surface area is 139 Å². The number of nitro benzene ring substituents is 1. The molecular formula is C12H8ClIN2O4S. The van der Waals surface area contributed by atoms with Crippen LogP contribution in [0.1, 0.15) is 0 Å². The van der Waals surface area contributed by atoms with E-state index in [4.69, 9.17) is 11.6 Å². The summed E-state index contributed by atoms with van der Waals surface area (Å²) in [6.45, 7) is 0. The van der Waals surface area contributed by atoms with Crippen LogP contribution < -0.4 is 4.72 Å². The first-order valence-corrected chi connectivity index (χ1v) is 8.46. The van der Waals surface area contributed by atoms with Crippen LogP contribution in [0.4, 0.5) is 11.4 Å². The number of nitrogens with one attached hydrogen (secondary N) is 1. The highest BCUT2D eigenvalue weighted by atomic mass is 127. The summed E-state index contributed by atoms with van der Waals surface area (Å²) in [6, 6.07) is 10.1. The SMILES string of the molecule is O=[N+]([O-])c1cc(Cl)ccc1S(=O)(=O)Nc1ccccc1I. The smallest absolute Gasteiger partial charge is 0.278 e. The maximum atomic E-state index is 12.3. The molecule has 0 atom stereocenters. The Kier molecular flexibility index (Phi) is 4.69. The van der Waals surface area contributed by atoms with E-state index in [0.29, 0.717) is 9.26 Å². The largest absolute Gasteiger partial charge is 0.291 e. The van der Waals surface area contributed by atoms with Gasteiger partial charge in [-0.3, -0.25) is 14.8 Å². The van der Waals surface area contributed by atoms with E-state index in [1.54, 1.807) is 24.3 Å². The average molecular weight is 439 g/mol. The predicted octanol–water partition coefficient (Wildman–Crippen LogP) is 3.65. The van der Waals surface area contributed by atoms with Crippen molar-refractivity contribution in [3.8, 4) is 0 Å². The fourth-order valence-electron chi connectivity index (χ4n) is 1.60. The number of hydrogen-bond donors (Lipinski definition) is 1. The van der Waals surface area contributed by atoms with Gasteiger partial charge in [0.25, 0.3) is 15.7 Å². The number of sulfonamides is 1. The van der Waals surface area contributed by atoms with Crippen molar-refractivity contribution in [2.75, 3.05) is 4.72 Å². The normalized spacial score (nSPS) is 11.1. The Morgan fingerprint density at radius 1 is 1.19 bits per heavy atom. The third-order valence-corrected chi connectivity index (χ3v) is 5.11. The first-order valence-electron chi connectivity index (χ1n) is 5.52. The lowest BCUT2D eigenvalue weighted by Crippen LogP contribution is -2.15. The maximum Gasteiger partial charge on any atom is 0.291 e. The molecule has 110 valence electrons. The fraction of sp³-hybridized carbons (Fsp3) is 0. The number of hydrogen-bond acceptors (Lipinski definition) is 4. The summed E-state index contributed by atoms with van der Waals surface area (Å²) in [5.74, 6) is 0. The topological polar surface area (TPSA) is 89.3 Å². The average Bonchev–Trinajstić information content (AvgIpc) is 2.40. The first kappa shape index (κ1) is 16.0. The summed E-state index contributed by atoms with van der Waals surface area (Å²) in [5, 5.41) is 11.1. The van der Waals surface area contributed by atoms with E-state index in [1.807, 2.05) is 22.6 Å². The summed E-state index contributed by atoms with van der Waals surface area (Å²) in [5.41, 5.74) is -0.219. The molecule has 1 N–H and O–H groups in total. The molecule has 0 saturated carbocycles. The number of nitrogens with zero attached hydrogens (tertiary/aromatic N) is 1. The van der Waals surface area contributed by atoms with Crippen LogP contribution in [0.3, 0.4) is 0 Å². The monoisotopic (exact) mass is 438 g/mol. The van der Waals surface area contributed by atoms with Crippen molar-refractivity contribution < 1.29 is 13.3 Å². The Bertz CT molecular complexity index is 811. The molecule has 9 heteroatoms. The van der Waals surface area contributed by atoms with Crippen molar-refractivity contribution in [3.05, 3.63) is 61.2 Å². The van der Waals surface area contributed by atoms with Gasteiger partial charge in [-0.05, 0) is 46.9 Å². The van der Waals surface area contributed by atoms with Crippen LogP contribution in [0.5, 0.6) is 0 Å². The summed E-state index contributed by atoms with van der Waals surface area (Å²) < 4.78 is 27.7. The molecule has 0 fully saturated rings. The van der Waals surface area contributed by atoms with Crippen LogP contribution in [0.25, 0.3) is 0 Å². The third kappa shape index (κ3) is 3.63. The highest BCUT2D eigenvalue weighted by molar-refractivity contribution is 14.1. The quantitative estimate of drug-likeness (QED) is 0.448. The molecule has 2 aromatic carbocycles. The Hall–Kier alpha value is -1.39. The number of para-hydroxylation sites is 1. The Morgan fingerprint density at radius 2 is 1.86 bits per heavy atom. The van der Waals surface area contributed by atoms with Crippen molar-refractivity contribution in [2.24, 2.45) is 0 Å². The maximum absolute atomic E-state index is 12.3. The van der Waals surface area contributed by atoms with Crippen LogP contribution in [0, 0.1) is 13.7 Å². The van der Waals surface area contributed by atoms with Gasteiger partial charge in [0.2, 0.25) is 0 Å². The zero-order valence-corrected chi connectivity index (χ0v) is 14.0. The van der Waals surface area contributed by atoms with Crippen molar-refractivity contribution in [1.29, 1.82) is 0 Å². The molecular weight excluding hydrogens is 431 g/mol. The van der Waals surface area contributed by atoms with Gasteiger partial charge in [-0.2, -0.15) is 0 Å². The molecule has 0 heterocycles.